The van der Waals surface area contributed by atoms with Gasteiger partial charge in [0.05, 0.1) is 47.0 Å². The summed E-state index contributed by atoms with van der Waals surface area (Å²) in [7, 11) is 0. The predicted octanol–water partition coefficient (Wildman–Crippen LogP) is 8.50. The van der Waals surface area contributed by atoms with Crippen LogP contribution < -0.4 is 20.7 Å². The average molecular weight is 1110 g/mol. The van der Waals surface area contributed by atoms with E-state index in [2.05, 4.69) is 45.0 Å². The Morgan fingerprint density at radius 2 is 1.55 bits per heavy atom. The van der Waals surface area contributed by atoms with E-state index in [0.29, 0.717) is 49.3 Å². The monoisotopic (exact) mass is 1110 g/mol. The van der Waals surface area contributed by atoms with Crippen LogP contribution in [0.3, 0.4) is 0 Å². The summed E-state index contributed by atoms with van der Waals surface area (Å²) in [6.45, 7) is 17.1. The minimum absolute atomic E-state index is 0.0161. The molecule has 4 N–H and O–H groups in total. The number of aryl methyl sites for hydroxylation is 3. The fourth-order valence-electron chi connectivity index (χ4n) is 9.41. The zero-order chi connectivity index (χ0) is 55.0. The second kappa shape index (κ2) is 25.4. The molecule has 0 bridgehead atoms. The third-order valence-corrected chi connectivity index (χ3v) is 16.1. The van der Waals surface area contributed by atoms with E-state index in [1.807, 2.05) is 124 Å². The van der Waals surface area contributed by atoms with Crippen LogP contribution in [-0.2, 0) is 35.2 Å². The molecule has 77 heavy (non-hydrogen) atoms. The summed E-state index contributed by atoms with van der Waals surface area (Å²) in [5, 5.41) is 30.1. The summed E-state index contributed by atoms with van der Waals surface area (Å²) in [5.74, 6) is 0.609. The number of aromatic nitrogens is 4. The van der Waals surface area contributed by atoms with Crippen molar-refractivity contribution in [2.24, 2.45) is 10.4 Å². The standard InChI is InChI=1S/C57H68ClN9O8S2/c1-33-36(4)77-56-49(33)50(40-15-19-42(58)20-16-40)62-45(53-65-64-37(5)67(53)56)28-47(69)61-34(2)39-17-21-44(22-18-39)75-26-10-24-73-23-9-25-74-31-48(70)63-52(57(6,7)8)55(72)66-30-43(68)27-46(66)54(71)59-29-38-11-13-41(14-12-38)51-35(3)60-32-76-51/h11-22,32,34,43,45-46,52,68H,9-10,23-31H2,1-8H3,(H,59,71)(H,61,69)(H,63,70)/t34?,43-,45+,46+,52-/m1/s1. The number of amides is 4. The Bertz CT molecular complexity index is 3060. The molecule has 3 aromatic carbocycles. The first-order valence-electron chi connectivity index (χ1n) is 25.9. The molecule has 0 aliphatic carbocycles. The second-order valence-electron chi connectivity index (χ2n) is 20.6. The summed E-state index contributed by atoms with van der Waals surface area (Å²) in [4.78, 5) is 67.5. The number of thiophene rings is 1. The van der Waals surface area contributed by atoms with Gasteiger partial charge in [-0.2, -0.15) is 0 Å². The average Bonchev–Trinajstić information content (AvgIpc) is 4.31. The molecule has 408 valence electrons. The van der Waals surface area contributed by atoms with Crippen LogP contribution in [0, 0.1) is 33.1 Å². The molecule has 4 amide bonds. The number of fused-ring (bicyclic) bond motifs is 3. The van der Waals surface area contributed by atoms with Gasteiger partial charge >= 0.3 is 0 Å². The van der Waals surface area contributed by atoms with Crippen molar-refractivity contribution in [1.82, 2.24) is 40.6 Å². The lowest BCUT2D eigenvalue weighted by molar-refractivity contribution is -0.144. The predicted molar refractivity (Wildman–Crippen MR) is 299 cm³/mol. The highest BCUT2D eigenvalue weighted by molar-refractivity contribution is 7.15. The zero-order valence-electron chi connectivity index (χ0n) is 44.9. The molecule has 2 aliphatic heterocycles. The van der Waals surface area contributed by atoms with Crippen LogP contribution in [0.25, 0.3) is 15.4 Å². The van der Waals surface area contributed by atoms with Crippen LogP contribution in [0.5, 0.6) is 5.75 Å². The molecule has 5 heterocycles. The molecule has 3 aromatic heterocycles. The van der Waals surface area contributed by atoms with Crippen molar-refractivity contribution in [1.29, 1.82) is 0 Å². The first-order chi connectivity index (χ1) is 36.9. The molecule has 1 unspecified atom stereocenters. The normalized spacial score (nSPS) is 16.9. The van der Waals surface area contributed by atoms with Crippen molar-refractivity contribution in [2.45, 2.75) is 118 Å². The molecule has 6 aromatic rings. The van der Waals surface area contributed by atoms with Crippen LogP contribution in [0.4, 0.5) is 0 Å². The van der Waals surface area contributed by atoms with E-state index >= 15 is 0 Å². The molecule has 0 saturated carbocycles. The Hall–Kier alpha value is -6.35. The van der Waals surface area contributed by atoms with E-state index in [-0.39, 0.29) is 57.0 Å². The molecule has 0 spiro atoms. The number of aliphatic imine (C=N–C) groups is 1. The quantitative estimate of drug-likeness (QED) is 0.0474. The van der Waals surface area contributed by atoms with Crippen molar-refractivity contribution in [2.75, 3.05) is 39.6 Å². The molecule has 17 nitrogen and oxygen atoms in total. The van der Waals surface area contributed by atoms with Crippen molar-refractivity contribution < 1.29 is 38.5 Å². The number of likely N-dealkylation sites (tertiary alicyclic amines) is 1. The lowest BCUT2D eigenvalue weighted by Gasteiger charge is -2.35. The van der Waals surface area contributed by atoms with Crippen molar-refractivity contribution in [3.8, 4) is 21.2 Å². The van der Waals surface area contributed by atoms with Gasteiger partial charge < -0.3 is 40.2 Å². The molecule has 2 aliphatic rings. The smallest absolute Gasteiger partial charge is 0.246 e. The minimum Gasteiger partial charge on any atom is -0.494 e. The molecule has 5 atom stereocenters. The van der Waals surface area contributed by atoms with Gasteiger partial charge in [-0.15, -0.1) is 32.9 Å². The van der Waals surface area contributed by atoms with E-state index in [0.717, 1.165) is 60.5 Å². The maximum Gasteiger partial charge on any atom is 0.246 e. The Kier molecular flexibility index (Phi) is 18.8. The van der Waals surface area contributed by atoms with Crippen LogP contribution >= 0.6 is 34.3 Å². The largest absolute Gasteiger partial charge is 0.494 e. The number of benzene rings is 3. The third-order valence-electron chi connectivity index (χ3n) is 13.7. The number of aliphatic hydroxyl groups excluding tert-OH is 1. The first-order valence-corrected chi connectivity index (χ1v) is 28.0. The van der Waals surface area contributed by atoms with Crippen molar-refractivity contribution in [3.63, 3.8) is 0 Å². The second-order valence-corrected chi connectivity index (χ2v) is 23.1. The van der Waals surface area contributed by atoms with E-state index in [1.54, 1.807) is 22.7 Å². The fraction of sp³-hybridized carbons (Fsp3) is 0.439. The van der Waals surface area contributed by atoms with Gasteiger partial charge in [-0.3, -0.25) is 28.7 Å². The lowest BCUT2D eigenvalue weighted by Crippen LogP contribution is -2.58. The number of nitrogens with zero attached hydrogens (tertiary/aromatic N) is 6. The topological polar surface area (TPSA) is 211 Å². The number of aliphatic hydroxyl groups is 1. The summed E-state index contributed by atoms with van der Waals surface area (Å²) in [6.07, 6.45) is 0.508. The van der Waals surface area contributed by atoms with Crippen LogP contribution in [0.15, 0.2) is 83.3 Å². The Balaban J connectivity index is 0.720. The van der Waals surface area contributed by atoms with Gasteiger partial charge in [-0.25, -0.2) is 4.98 Å². The molecular formula is C57H68ClN9O8S2. The number of carbonyl (C=O) groups excluding carboxylic acids is 4. The first kappa shape index (κ1) is 56.8. The number of hydrogen-bond acceptors (Lipinski definition) is 14. The van der Waals surface area contributed by atoms with Crippen LogP contribution in [0.2, 0.25) is 5.02 Å². The third kappa shape index (κ3) is 14.0. The van der Waals surface area contributed by atoms with E-state index < -0.39 is 41.5 Å². The van der Waals surface area contributed by atoms with Crippen LogP contribution in [-0.4, -0.2) is 117 Å². The van der Waals surface area contributed by atoms with Gasteiger partial charge in [0.15, 0.2) is 5.82 Å². The molecular weight excluding hydrogens is 1040 g/mol. The number of carbonyl (C=O) groups is 4. The molecule has 1 saturated heterocycles. The Labute approximate surface area is 462 Å². The molecule has 0 radical (unpaired) electrons. The summed E-state index contributed by atoms with van der Waals surface area (Å²) >= 11 is 9.51. The number of thiazole rings is 1. The highest BCUT2D eigenvalue weighted by Crippen LogP contribution is 2.40. The maximum atomic E-state index is 14.0. The number of ether oxygens (including phenoxy) is 3. The zero-order valence-corrected chi connectivity index (χ0v) is 47.2. The van der Waals surface area contributed by atoms with E-state index in [1.165, 1.54) is 9.78 Å². The highest BCUT2D eigenvalue weighted by Gasteiger charge is 2.44. The number of rotatable bonds is 22. The number of β-amino-alcohol motifs (C(OH)–C–C–N with tert-alkyl or cyclic N) is 1. The number of nitrogens with one attached hydrogen (secondary N) is 3. The van der Waals surface area contributed by atoms with Crippen molar-refractivity contribution >= 4 is 63.6 Å². The summed E-state index contributed by atoms with van der Waals surface area (Å²) < 4.78 is 19.4. The Morgan fingerprint density at radius 1 is 0.857 bits per heavy atom. The molecule has 1 fully saturated rings. The molecule has 20 heteroatoms. The van der Waals surface area contributed by atoms with E-state index in [4.69, 9.17) is 30.8 Å². The van der Waals surface area contributed by atoms with Crippen LogP contribution in [0.1, 0.15) is 115 Å². The summed E-state index contributed by atoms with van der Waals surface area (Å²) in [6, 6.07) is 20.4. The Morgan fingerprint density at radius 3 is 2.23 bits per heavy atom. The van der Waals surface area contributed by atoms with Gasteiger partial charge in [0.2, 0.25) is 23.6 Å². The maximum absolute atomic E-state index is 14.0. The summed E-state index contributed by atoms with van der Waals surface area (Å²) in [5.41, 5.74) is 8.77. The molecule has 8 rings (SSSR count). The number of halogens is 1. The van der Waals surface area contributed by atoms with E-state index in [9.17, 15) is 24.3 Å². The SMILES string of the molecule is Cc1ncsc1-c1ccc(CNC(=O)[C@@H]2C[C@@H](O)CN2C(=O)[C@@H](NC(=O)COCCCOCCCOc2ccc(C(C)NC(=O)C[C@@H]3N=C(c4ccc(Cl)cc4)c4c(sc(C)c4C)-n4c(C)nnc43)cc2)C(C)(C)C)cc1. The fourth-order valence-corrected chi connectivity index (χ4v) is 11.6. The van der Waals surface area contributed by atoms with Gasteiger partial charge in [0.25, 0.3) is 0 Å². The number of hydrogen-bond donors (Lipinski definition) is 4. The van der Waals surface area contributed by atoms with Gasteiger partial charge in [-0.1, -0.05) is 80.9 Å². The highest BCUT2D eigenvalue weighted by atomic mass is 35.5. The van der Waals surface area contributed by atoms with Gasteiger partial charge in [0, 0.05) is 66.8 Å². The van der Waals surface area contributed by atoms with Crippen molar-refractivity contribution in [3.05, 3.63) is 133 Å². The van der Waals surface area contributed by atoms with Gasteiger partial charge in [-0.05, 0) is 93.0 Å². The minimum atomic E-state index is -0.961. The van der Waals surface area contributed by atoms with Gasteiger partial charge in [0.1, 0.15) is 41.3 Å². The lowest BCUT2D eigenvalue weighted by atomic mass is 9.85.